The van der Waals surface area contributed by atoms with Gasteiger partial charge in [0.15, 0.2) is 0 Å². The van der Waals surface area contributed by atoms with E-state index in [1.54, 1.807) is 75.4 Å². The van der Waals surface area contributed by atoms with E-state index in [0.29, 0.717) is 61.6 Å². The maximum atomic E-state index is 12.6. The van der Waals surface area contributed by atoms with E-state index in [9.17, 15) is 36.2 Å². The van der Waals surface area contributed by atoms with Crippen molar-refractivity contribution in [1.82, 2.24) is 0 Å². The van der Waals surface area contributed by atoms with E-state index in [-0.39, 0.29) is 22.0 Å². The minimum atomic E-state index is -4.68. The number of anilines is 2. The van der Waals surface area contributed by atoms with Crippen molar-refractivity contribution in [2.45, 2.75) is 57.9 Å². The minimum absolute atomic E-state index is 0.197. The number of allylic oxidation sites excluding steroid dienone is 4. The first-order valence-corrected chi connectivity index (χ1v) is 18.9. The molecule has 0 radical (unpaired) electrons. The standard InChI is InChI=1S/C39H40N2O8S2/c1-22-15-23(2)37(24(3)16-22)40-33-13-11-28(18-30(33)20-42)36(32-9-7-8-10-35(32)50(44,45)46)29-12-14-34(31(19-29)21-43)41-38-25(4)17-26(5)39(27(38)6)51(47,48)49/h7-19,41-43H,20-21H2,1-6H3,(H,44,45,46)(H,47,48,49)/p+1. The molecule has 0 aromatic heterocycles. The highest BCUT2D eigenvalue weighted by Gasteiger charge is 2.25. The molecule has 0 fully saturated rings. The second-order valence-corrected chi connectivity index (χ2v) is 15.5. The van der Waals surface area contributed by atoms with E-state index in [1.807, 2.05) is 20.8 Å². The molecular weight excluding hydrogens is 689 g/mol. The molecule has 0 aliphatic heterocycles. The largest absolute Gasteiger partial charge is 0.392 e. The van der Waals surface area contributed by atoms with E-state index in [0.717, 1.165) is 22.4 Å². The molecule has 0 amide bonds. The molecule has 0 unspecified atom stereocenters. The first-order valence-electron chi connectivity index (χ1n) is 16.1. The van der Waals surface area contributed by atoms with Gasteiger partial charge in [0.25, 0.3) is 20.2 Å². The van der Waals surface area contributed by atoms with E-state index in [2.05, 4.69) is 22.4 Å². The normalized spacial score (nSPS) is 15.3. The van der Waals surface area contributed by atoms with E-state index < -0.39 is 26.8 Å². The molecule has 5 rings (SSSR count). The van der Waals surface area contributed by atoms with Crippen LogP contribution in [-0.2, 0) is 26.8 Å². The number of aryl methyl sites for hydroxylation is 5. The van der Waals surface area contributed by atoms with Gasteiger partial charge in [-0.1, -0.05) is 35.9 Å². The van der Waals surface area contributed by atoms with Crippen LogP contribution in [-0.4, -0.2) is 48.5 Å². The molecule has 10 nitrogen and oxygen atoms in total. The Morgan fingerprint density at radius 2 is 1.41 bits per heavy atom. The van der Waals surface area contributed by atoms with Crippen molar-refractivity contribution in [3.8, 4) is 0 Å². The number of nitrogens with one attached hydrogen (secondary N) is 2. The summed E-state index contributed by atoms with van der Waals surface area (Å²) in [6, 6.07) is 16.8. The lowest BCUT2D eigenvalue weighted by atomic mass is 9.88. The van der Waals surface area contributed by atoms with Crippen LogP contribution in [0.1, 0.15) is 50.1 Å². The summed E-state index contributed by atoms with van der Waals surface area (Å²) >= 11 is 0. The van der Waals surface area contributed by atoms with Crippen LogP contribution in [0.4, 0.5) is 17.1 Å². The second kappa shape index (κ2) is 14.5. The maximum Gasteiger partial charge on any atom is 0.295 e. The Hall–Kier alpha value is -4.69. The molecule has 0 saturated heterocycles. The predicted octanol–water partition coefficient (Wildman–Crippen LogP) is 5.41. The van der Waals surface area contributed by atoms with Gasteiger partial charge in [-0.3, -0.25) is 9.11 Å². The van der Waals surface area contributed by atoms with Crippen LogP contribution in [0.3, 0.4) is 0 Å². The SMILES string of the molecule is Cc1cc(C)c([NH+]=C2C=CC(=C(c3ccc(Nc4c(C)cc(C)c(S(=O)(=O)O)c4C)c(CO)c3)c3ccccc3S(=O)(=O)O)C=C2CO)c(C)c1. The van der Waals surface area contributed by atoms with Crippen LogP contribution < -0.4 is 10.3 Å². The molecule has 4 aromatic carbocycles. The zero-order valence-corrected chi connectivity index (χ0v) is 30.8. The number of aliphatic hydroxyl groups excluding tert-OH is 2. The fourth-order valence-corrected chi connectivity index (χ4v) is 8.44. The lowest BCUT2D eigenvalue weighted by Crippen LogP contribution is -2.67. The maximum absolute atomic E-state index is 12.6. The highest BCUT2D eigenvalue weighted by Crippen LogP contribution is 2.38. The third-order valence-corrected chi connectivity index (χ3v) is 11.0. The molecule has 0 spiro atoms. The van der Waals surface area contributed by atoms with E-state index >= 15 is 0 Å². The Balaban J connectivity index is 1.72. The Kier molecular flexibility index (Phi) is 10.7. The number of aliphatic hydroxyl groups is 2. The molecule has 1 aliphatic rings. The van der Waals surface area contributed by atoms with Crippen molar-refractivity contribution < 1.29 is 41.1 Å². The van der Waals surface area contributed by atoms with Crippen molar-refractivity contribution in [3.05, 3.63) is 140 Å². The van der Waals surface area contributed by atoms with E-state index in [1.165, 1.54) is 12.1 Å². The molecule has 0 saturated carbocycles. The Labute approximate surface area is 298 Å². The van der Waals surface area contributed by atoms with Crippen molar-refractivity contribution in [1.29, 1.82) is 0 Å². The minimum Gasteiger partial charge on any atom is -0.392 e. The summed E-state index contributed by atoms with van der Waals surface area (Å²) in [5.74, 6) is 0. The Morgan fingerprint density at radius 3 is 2.02 bits per heavy atom. The van der Waals surface area contributed by atoms with Crippen LogP contribution in [0.15, 0.2) is 99.8 Å². The van der Waals surface area contributed by atoms with Gasteiger partial charge in [0.2, 0.25) is 11.4 Å². The highest BCUT2D eigenvalue weighted by atomic mass is 32.2. The summed E-state index contributed by atoms with van der Waals surface area (Å²) in [6.45, 7) is 10.2. The fourth-order valence-electron chi connectivity index (χ4n) is 6.78. The zero-order valence-electron chi connectivity index (χ0n) is 29.2. The van der Waals surface area contributed by atoms with Crippen molar-refractivity contribution in [2.24, 2.45) is 0 Å². The fraction of sp³-hybridized carbons (Fsp3) is 0.205. The Bertz CT molecular complexity index is 2400. The molecule has 6 N–H and O–H groups in total. The average Bonchev–Trinajstić information content (AvgIpc) is 3.04. The number of hydrogen-bond acceptors (Lipinski definition) is 7. The summed E-state index contributed by atoms with van der Waals surface area (Å²) in [6.07, 6.45) is 5.34. The monoisotopic (exact) mass is 729 g/mol. The molecule has 1 aliphatic carbocycles. The van der Waals surface area contributed by atoms with Gasteiger partial charge in [-0.25, -0.2) is 4.99 Å². The topological polar surface area (TPSA) is 175 Å². The van der Waals surface area contributed by atoms with Gasteiger partial charge in [0.1, 0.15) is 9.79 Å². The average molecular weight is 730 g/mol. The third-order valence-electron chi connectivity index (χ3n) is 8.92. The van der Waals surface area contributed by atoms with Crippen molar-refractivity contribution in [3.63, 3.8) is 0 Å². The third kappa shape index (κ3) is 7.81. The predicted molar refractivity (Wildman–Crippen MR) is 199 cm³/mol. The smallest absolute Gasteiger partial charge is 0.295 e. The van der Waals surface area contributed by atoms with Crippen LogP contribution in [0.5, 0.6) is 0 Å². The van der Waals surface area contributed by atoms with E-state index in [4.69, 9.17) is 0 Å². The van der Waals surface area contributed by atoms with Crippen LogP contribution >= 0.6 is 0 Å². The molecule has 0 heterocycles. The molecule has 4 aromatic rings. The van der Waals surface area contributed by atoms with Gasteiger partial charge in [0, 0.05) is 45.3 Å². The van der Waals surface area contributed by atoms with Crippen molar-refractivity contribution >= 4 is 48.6 Å². The number of benzene rings is 4. The molecule has 12 heteroatoms. The number of hydrogen-bond donors (Lipinski definition) is 6. The van der Waals surface area contributed by atoms with Gasteiger partial charge in [-0.2, -0.15) is 16.8 Å². The van der Waals surface area contributed by atoms with Crippen LogP contribution in [0.2, 0.25) is 0 Å². The summed E-state index contributed by atoms with van der Waals surface area (Å²) in [5.41, 5.74) is 9.60. The van der Waals surface area contributed by atoms with Crippen LogP contribution in [0.25, 0.3) is 5.57 Å². The molecule has 51 heavy (non-hydrogen) atoms. The first-order chi connectivity index (χ1) is 23.9. The van der Waals surface area contributed by atoms with Crippen molar-refractivity contribution in [2.75, 3.05) is 11.9 Å². The lowest BCUT2D eigenvalue weighted by Gasteiger charge is -2.21. The molecule has 0 bridgehead atoms. The Morgan fingerprint density at radius 1 is 0.745 bits per heavy atom. The highest BCUT2D eigenvalue weighted by molar-refractivity contribution is 7.86. The van der Waals surface area contributed by atoms with Gasteiger partial charge in [-0.05, 0) is 117 Å². The van der Waals surface area contributed by atoms with Gasteiger partial charge in [0.05, 0.1) is 13.2 Å². The summed E-state index contributed by atoms with van der Waals surface area (Å²) in [4.78, 5) is 2.91. The summed E-state index contributed by atoms with van der Waals surface area (Å²) in [7, 11) is -9.20. The van der Waals surface area contributed by atoms with Gasteiger partial charge >= 0.3 is 0 Å². The summed E-state index contributed by atoms with van der Waals surface area (Å²) < 4.78 is 69.8. The summed E-state index contributed by atoms with van der Waals surface area (Å²) in [5, 5.41) is 24.3. The first kappa shape index (κ1) is 37.6. The quantitative estimate of drug-likeness (QED) is 0.123. The zero-order chi connectivity index (χ0) is 37.4. The van der Waals surface area contributed by atoms with Gasteiger partial charge in [-0.15, -0.1) is 0 Å². The lowest BCUT2D eigenvalue weighted by molar-refractivity contribution is -0.353. The molecule has 0 atom stereocenters. The molecule has 266 valence electrons. The molecular formula is C39H41N2O8S2+. The van der Waals surface area contributed by atoms with Gasteiger partial charge < -0.3 is 15.5 Å². The second-order valence-electron chi connectivity index (χ2n) is 12.7. The van der Waals surface area contributed by atoms with Crippen LogP contribution in [0, 0.1) is 41.5 Å². The number of rotatable bonds is 9.